The first-order valence-electron chi connectivity index (χ1n) is 7.43. The van der Waals surface area contributed by atoms with Crippen molar-refractivity contribution < 1.29 is 23.8 Å². The Morgan fingerprint density at radius 2 is 1.67 bits per heavy atom. The van der Waals surface area contributed by atoms with Crippen molar-refractivity contribution in [3.63, 3.8) is 0 Å². The number of benzene rings is 2. The molecule has 0 radical (unpaired) electrons. The molecule has 0 amide bonds. The van der Waals surface area contributed by atoms with Gasteiger partial charge in [0.1, 0.15) is 12.4 Å². The number of carbonyl (C=O) groups is 2. The van der Waals surface area contributed by atoms with E-state index in [1.165, 1.54) is 0 Å². The Bertz CT molecular complexity index is 697. The molecule has 0 saturated carbocycles. The summed E-state index contributed by atoms with van der Waals surface area (Å²) in [4.78, 5) is 23.9. The van der Waals surface area contributed by atoms with Gasteiger partial charge in [-0.3, -0.25) is 0 Å². The van der Waals surface area contributed by atoms with Crippen molar-refractivity contribution in [2.24, 2.45) is 0 Å². The zero-order valence-electron chi connectivity index (χ0n) is 13.2. The Kier molecular flexibility index (Phi) is 7.20. The smallest absolute Gasteiger partial charge is 0.344 e. The maximum Gasteiger partial charge on any atom is 0.344 e. The van der Waals surface area contributed by atoms with Gasteiger partial charge in [-0.05, 0) is 65.9 Å². The fourth-order valence-corrected chi connectivity index (χ4v) is 2.48. The second-order valence-electron chi connectivity index (χ2n) is 4.73. The van der Waals surface area contributed by atoms with Gasteiger partial charge in [0.25, 0.3) is 0 Å². The summed E-state index contributed by atoms with van der Waals surface area (Å²) in [6, 6.07) is 13.4. The molecule has 6 heteroatoms. The van der Waals surface area contributed by atoms with E-state index in [0.29, 0.717) is 30.1 Å². The van der Waals surface area contributed by atoms with Crippen molar-refractivity contribution in [3.8, 4) is 5.75 Å². The fraction of sp³-hybridized carbons (Fsp3) is 0.222. The molecule has 0 aliphatic carbocycles. The minimum Gasteiger partial charge on any atom is -0.460 e. The molecule has 0 N–H and O–H groups in total. The number of hydrogen-bond acceptors (Lipinski definition) is 5. The van der Waals surface area contributed by atoms with Crippen LogP contribution in [0.2, 0.25) is 0 Å². The number of esters is 2. The molecule has 0 fully saturated rings. The Morgan fingerprint density at radius 3 is 2.33 bits per heavy atom. The molecule has 2 aromatic carbocycles. The lowest BCUT2D eigenvalue weighted by Crippen LogP contribution is -2.12. The second kappa shape index (κ2) is 9.39. The normalized spacial score (nSPS) is 10.2. The van der Waals surface area contributed by atoms with Crippen LogP contribution >= 0.6 is 22.6 Å². The van der Waals surface area contributed by atoms with Crippen LogP contribution in [0.15, 0.2) is 48.5 Å². The van der Waals surface area contributed by atoms with E-state index in [9.17, 15) is 9.59 Å². The second-order valence-corrected chi connectivity index (χ2v) is 5.89. The molecule has 24 heavy (non-hydrogen) atoms. The third-order valence-corrected chi connectivity index (χ3v) is 4.00. The van der Waals surface area contributed by atoms with Crippen molar-refractivity contribution in [3.05, 3.63) is 63.2 Å². The lowest BCUT2D eigenvalue weighted by molar-refractivity contribution is 0.0335. The van der Waals surface area contributed by atoms with E-state index in [4.69, 9.17) is 14.2 Å². The number of rotatable bonds is 7. The Labute approximate surface area is 154 Å². The highest BCUT2D eigenvalue weighted by atomic mass is 127. The third-order valence-electron chi connectivity index (χ3n) is 3.06. The largest absolute Gasteiger partial charge is 0.460 e. The number of halogens is 1. The molecule has 0 aromatic heterocycles. The van der Waals surface area contributed by atoms with Crippen molar-refractivity contribution in [2.75, 3.05) is 19.8 Å². The number of ether oxygens (including phenoxy) is 3. The maximum atomic E-state index is 12.1. The summed E-state index contributed by atoms with van der Waals surface area (Å²) < 4.78 is 16.3. The van der Waals surface area contributed by atoms with Gasteiger partial charge in [-0.2, -0.15) is 0 Å². The minimum atomic E-state index is -0.440. The van der Waals surface area contributed by atoms with Crippen LogP contribution in [0.3, 0.4) is 0 Å². The SMILES string of the molecule is CCOCCOC(=O)c1ccc(OC(=O)c2ccccc2I)cc1. The molecular weight excluding hydrogens is 423 g/mol. The van der Waals surface area contributed by atoms with Crippen LogP contribution in [0.4, 0.5) is 0 Å². The Morgan fingerprint density at radius 1 is 0.958 bits per heavy atom. The molecule has 0 aliphatic rings. The lowest BCUT2D eigenvalue weighted by Gasteiger charge is -2.07. The molecule has 126 valence electrons. The van der Waals surface area contributed by atoms with Gasteiger partial charge in [0.05, 0.1) is 17.7 Å². The summed E-state index contributed by atoms with van der Waals surface area (Å²) in [7, 11) is 0. The molecule has 0 spiro atoms. The topological polar surface area (TPSA) is 61.8 Å². The van der Waals surface area contributed by atoms with Crippen LogP contribution in [0.25, 0.3) is 0 Å². The molecule has 2 aromatic rings. The average Bonchev–Trinajstić information content (AvgIpc) is 2.59. The van der Waals surface area contributed by atoms with Gasteiger partial charge in [0.2, 0.25) is 0 Å². The van der Waals surface area contributed by atoms with Crippen molar-refractivity contribution in [1.82, 2.24) is 0 Å². The zero-order chi connectivity index (χ0) is 17.4. The molecule has 2 rings (SSSR count). The van der Waals surface area contributed by atoms with Crippen LogP contribution in [-0.4, -0.2) is 31.8 Å². The maximum absolute atomic E-state index is 12.1. The first-order chi connectivity index (χ1) is 11.6. The van der Waals surface area contributed by atoms with Gasteiger partial charge in [0, 0.05) is 10.2 Å². The van der Waals surface area contributed by atoms with E-state index in [0.717, 1.165) is 3.57 Å². The molecule has 0 saturated heterocycles. The highest BCUT2D eigenvalue weighted by Gasteiger charge is 2.13. The summed E-state index contributed by atoms with van der Waals surface area (Å²) in [5.74, 6) is -0.511. The molecule has 0 aliphatic heterocycles. The van der Waals surface area contributed by atoms with Gasteiger partial charge < -0.3 is 14.2 Å². The highest BCUT2D eigenvalue weighted by molar-refractivity contribution is 14.1. The summed E-state index contributed by atoms with van der Waals surface area (Å²) in [6.07, 6.45) is 0. The first kappa shape index (κ1) is 18.4. The molecule has 0 heterocycles. The van der Waals surface area contributed by atoms with E-state index in [-0.39, 0.29) is 6.61 Å². The van der Waals surface area contributed by atoms with E-state index in [1.54, 1.807) is 36.4 Å². The molecular formula is C18H17IO5. The van der Waals surface area contributed by atoms with Gasteiger partial charge in [-0.1, -0.05) is 12.1 Å². The summed E-state index contributed by atoms with van der Waals surface area (Å²) in [6.45, 7) is 3.03. The highest BCUT2D eigenvalue weighted by Crippen LogP contribution is 2.17. The Balaban J connectivity index is 1.93. The molecule has 0 atom stereocenters. The standard InChI is InChI=1S/C18H17IO5/c1-2-22-11-12-23-17(20)13-7-9-14(10-8-13)24-18(21)15-5-3-4-6-16(15)19/h3-10H,2,11-12H2,1H3. The summed E-state index contributed by atoms with van der Waals surface area (Å²) in [5, 5.41) is 0. The van der Waals surface area contributed by atoms with Gasteiger partial charge in [0.15, 0.2) is 0 Å². The van der Waals surface area contributed by atoms with Crippen LogP contribution in [-0.2, 0) is 9.47 Å². The van der Waals surface area contributed by atoms with E-state index in [1.807, 2.05) is 19.1 Å². The van der Waals surface area contributed by atoms with Crippen molar-refractivity contribution >= 4 is 34.5 Å². The minimum absolute atomic E-state index is 0.204. The van der Waals surface area contributed by atoms with Crippen molar-refractivity contribution in [1.29, 1.82) is 0 Å². The van der Waals surface area contributed by atoms with E-state index < -0.39 is 11.9 Å². The average molecular weight is 440 g/mol. The predicted octanol–water partition coefficient (Wildman–Crippen LogP) is 3.70. The first-order valence-corrected chi connectivity index (χ1v) is 8.51. The van der Waals surface area contributed by atoms with E-state index in [2.05, 4.69) is 22.6 Å². The number of hydrogen-bond donors (Lipinski definition) is 0. The quantitative estimate of drug-likeness (QED) is 0.285. The van der Waals surface area contributed by atoms with Gasteiger partial charge in [-0.25, -0.2) is 9.59 Å². The fourth-order valence-electron chi connectivity index (χ4n) is 1.87. The van der Waals surface area contributed by atoms with Gasteiger partial charge in [-0.15, -0.1) is 0 Å². The number of carbonyl (C=O) groups excluding carboxylic acids is 2. The molecule has 0 unspecified atom stereocenters. The molecule has 5 nitrogen and oxygen atoms in total. The van der Waals surface area contributed by atoms with Crippen molar-refractivity contribution in [2.45, 2.75) is 6.92 Å². The van der Waals surface area contributed by atoms with E-state index >= 15 is 0 Å². The Hall–Kier alpha value is -1.93. The van der Waals surface area contributed by atoms with Crippen LogP contribution in [0, 0.1) is 3.57 Å². The van der Waals surface area contributed by atoms with Gasteiger partial charge >= 0.3 is 11.9 Å². The van der Waals surface area contributed by atoms with Crippen LogP contribution in [0.5, 0.6) is 5.75 Å². The monoisotopic (exact) mass is 440 g/mol. The lowest BCUT2D eigenvalue weighted by atomic mass is 10.2. The van der Waals surface area contributed by atoms with Crippen LogP contribution in [0.1, 0.15) is 27.6 Å². The zero-order valence-corrected chi connectivity index (χ0v) is 15.3. The molecule has 0 bridgehead atoms. The predicted molar refractivity (Wildman–Crippen MR) is 97.3 cm³/mol. The summed E-state index contributed by atoms with van der Waals surface area (Å²) >= 11 is 2.08. The summed E-state index contributed by atoms with van der Waals surface area (Å²) in [5.41, 5.74) is 0.887. The third kappa shape index (κ3) is 5.31. The van der Waals surface area contributed by atoms with Crippen LogP contribution < -0.4 is 4.74 Å².